The second-order valence-corrected chi connectivity index (χ2v) is 7.15. The van der Waals surface area contributed by atoms with E-state index in [9.17, 15) is 0 Å². The van der Waals surface area contributed by atoms with Crippen LogP contribution in [0, 0.1) is 11.3 Å². The molecule has 1 unspecified atom stereocenters. The molecule has 0 radical (unpaired) electrons. The first kappa shape index (κ1) is 12.6. The molecule has 0 heterocycles. The Kier molecular flexibility index (Phi) is 3.55. The summed E-state index contributed by atoms with van der Waals surface area (Å²) in [7, 11) is 0. The molecule has 0 aromatic heterocycles. The Labute approximate surface area is 99.6 Å². The zero-order chi connectivity index (χ0) is 11.7. The number of rotatable bonds is 1. The minimum atomic E-state index is 0.119. The second-order valence-electron chi connectivity index (χ2n) is 5.86. The van der Waals surface area contributed by atoms with Crippen LogP contribution in [0.1, 0.15) is 34.6 Å². The Morgan fingerprint density at radius 1 is 1.07 bits per heavy atom. The van der Waals surface area contributed by atoms with E-state index in [1.165, 1.54) is 5.57 Å². The first-order valence-corrected chi connectivity index (χ1v) is 6.03. The molecule has 84 valence electrons. The Morgan fingerprint density at radius 2 is 1.67 bits per heavy atom. The zero-order valence-corrected chi connectivity index (χ0v) is 11.5. The van der Waals surface area contributed by atoms with Gasteiger partial charge in [-0.15, -0.1) is 0 Å². The van der Waals surface area contributed by atoms with E-state index in [4.69, 9.17) is 0 Å². The largest absolute Gasteiger partial charge is 0.127 e. The third-order valence-corrected chi connectivity index (χ3v) is 3.11. The zero-order valence-electron chi connectivity index (χ0n) is 10.5. The fraction of sp³-hybridized carbons (Fsp3) is 0.571. The molecular formula is C14H23S+. The highest BCUT2D eigenvalue weighted by molar-refractivity contribution is 7.60. The third kappa shape index (κ3) is 3.57. The van der Waals surface area contributed by atoms with Gasteiger partial charge in [0.1, 0.15) is 4.75 Å². The highest BCUT2D eigenvalue weighted by Gasteiger charge is 2.28. The molecule has 1 atom stereocenters. The first-order chi connectivity index (χ1) is 6.71. The van der Waals surface area contributed by atoms with Crippen LogP contribution in [0.2, 0.25) is 0 Å². The molecule has 0 amide bonds. The molecule has 0 saturated heterocycles. The number of hydrogen-bond acceptors (Lipinski definition) is 0. The van der Waals surface area contributed by atoms with Gasteiger partial charge < -0.3 is 0 Å². The Balaban J connectivity index is 2.91. The van der Waals surface area contributed by atoms with E-state index in [1.54, 1.807) is 0 Å². The normalized spacial score (nSPS) is 22.5. The summed E-state index contributed by atoms with van der Waals surface area (Å²) in [6.45, 7) is 11.1. The van der Waals surface area contributed by atoms with Crippen molar-refractivity contribution in [2.24, 2.45) is 11.3 Å². The maximum absolute atomic E-state index is 3.77. The lowest BCUT2D eigenvalue weighted by Gasteiger charge is -2.20. The van der Waals surface area contributed by atoms with Crippen LogP contribution in [0.15, 0.2) is 36.0 Å². The SMILES string of the molecule is CC(C)(C)C1=CC=CC(C(C)(C)[SH2+])C=C1. The van der Waals surface area contributed by atoms with Crippen LogP contribution < -0.4 is 0 Å². The predicted octanol–water partition coefficient (Wildman–Crippen LogP) is 3.49. The quantitative estimate of drug-likeness (QED) is 0.597. The average molecular weight is 223 g/mol. The Bertz CT molecular complexity index is 305. The maximum Gasteiger partial charge on any atom is 0.127 e. The van der Waals surface area contributed by atoms with Crippen molar-refractivity contribution in [2.45, 2.75) is 39.4 Å². The molecular weight excluding hydrogens is 200 g/mol. The van der Waals surface area contributed by atoms with Gasteiger partial charge in [0, 0.05) is 5.92 Å². The van der Waals surface area contributed by atoms with Gasteiger partial charge in [0.15, 0.2) is 0 Å². The molecule has 1 rings (SSSR count). The van der Waals surface area contributed by atoms with Crippen LogP contribution in [-0.4, -0.2) is 4.75 Å². The van der Waals surface area contributed by atoms with E-state index in [-0.39, 0.29) is 10.2 Å². The van der Waals surface area contributed by atoms with Crippen molar-refractivity contribution in [1.82, 2.24) is 0 Å². The average Bonchev–Trinajstić information content (AvgIpc) is 2.24. The summed E-state index contributed by atoms with van der Waals surface area (Å²) in [6, 6.07) is 0. The van der Waals surface area contributed by atoms with E-state index in [0.29, 0.717) is 5.92 Å². The van der Waals surface area contributed by atoms with Gasteiger partial charge >= 0.3 is 0 Å². The van der Waals surface area contributed by atoms with Crippen molar-refractivity contribution in [3.05, 3.63) is 36.0 Å². The van der Waals surface area contributed by atoms with E-state index in [0.717, 1.165) is 0 Å². The minimum absolute atomic E-state index is 0.119. The van der Waals surface area contributed by atoms with Crippen LogP contribution in [0.25, 0.3) is 0 Å². The van der Waals surface area contributed by atoms with E-state index in [1.807, 2.05) is 0 Å². The van der Waals surface area contributed by atoms with Gasteiger partial charge in [0.2, 0.25) is 0 Å². The topological polar surface area (TPSA) is 0 Å². The Hall–Kier alpha value is -0.430. The van der Waals surface area contributed by atoms with E-state index >= 15 is 0 Å². The fourth-order valence-electron chi connectivity index (χ4n) is 1.59. The number of allylic oxidation sites excluding steroid dienone is 6. The molecule has 0 aliphatic heterocycles. The Morgan fingerprint density at radius 3 is 2.13 bits per heavy atom. The van der Waals surface area contributed by atoms with Crippen molar-refractivity contribution >= 4 is 12.6 Å². The molecule has 15 heavy (non-hydrogen) atoms. The lowest BCUT2D eigenvalue weighted by Crippen LogP contribution is -2.25. The van der Waals surface area contributed by atoms with Crippen molar-refractivity contribution in [2.75, 3.05) is 0 Å². The van der Waals surface area contributed by atoms with Gasteiger partial charge in [-0.1, -0.05) is 51.2 Å². The molecule has 1 aliphatic rings. The summed E-state index contributed by atoms with van der Waals surface area (Å²) in [4.78, 5) is 0. The summed E-state index contributed by atoms with van der Waals surface area (Å²) in [6.07, 6.45) is 11.2. The predicted molar refractivity (Wildman–Crippen MR) is 73.5 cm³/mol. The van der Waals surface area contributed by atoms with Gasteiger partial charge in [-0.05, 0) is 37.5 Å². The molecule has 0 spiro atoms. The molecule has 0 bridgehead atoms. The van der Waals surface area contributed by atoms with Crippen LogP contribution in [0.4, 0.5) is 0 Å². The van der Waals surface area contributed by atoms with Gasteiger partial charge in [0.25, 0.3) is 0 Å². The second kappa shape index (κ2) is 4.21. The lowest BCUT2D eigenvalue weighted by atomic mass is 9.85. The van der Waals surface area contributed by atoms with Crippen LogP contribution >= 0.6 is 0 Å². The summed E-state index contributed by atoms with van der Waals surface area (Å²) < 4.78 is 0.119. The molecule has 0 aromatic rings. The monoisotopic (exact) mass is 223 g/mol. The molecule has 0 saturated carbocycles. The van der Waals surface area contributed by atoms with Gasteiger partial charge in [-0.3, -0.25) is 0 Å². The smallest absolute Gasteiger partial charge is 0.0724 e. The molecule has 1 aliphatic carbocycles. The summed E-state index contributed by atoms with van der Waals surface area (Å²) in [5.74, 6) is 0.449. The molecule has 0 fully saturated rings. The molecule has 1 heteroatoms. The first-order valence-electron chi connectivity index (χ1n) is 5.53. The molecule has 0 aromatic carbocycles. The van der Waals surface area contributed by atoms with Crippen molar-refractivity contribution in [3.63, 3.8) is 0 Å². The molecule has 0 nitrogen and oxygen atoms in total. The van der Waals surface area contributed by atoms with Crippen LogP contribution in [-0.2, 0) is 12.6 Å². The van der Waals surface area contributed by atoms with Crippen LogP contribution in [0.3, 0.4) is 0 Å². The molecule has 0 N–H and O–H groups in total. The highest BCUT2D eigenvalue weighted by atomic mass is 32.1. The van der Waals surface area contributed by atoms with E-state index < -0.39 is 0 Å². The summed E-state index contributed by atoms with van der Waals surface area (Å²) in [5.41, 5.74) is 1.61. The fourth-order valence-corrected chi connectivity index (χ4v) is 1.78. The standard InChI is InChI=1S/C14H22S/c1-13(2,3)11-7-6-8-12(10-9-11)14(4,5)15/h6-10,12,15H,1-5H3/p+1. The van der Waals surface area contributed by atoms with Gasteiger partial charge in [-0.25, -0.2) is 0 Å². The third-order valence-electron chi connectivity index (χ3n) is 2.78. The van der Waals surface area contributed by atoms with Gasteiger partial charge in [-0.2, -0.15) is 0 Å². The van der Waals surface area contributed by atoms with Gasteiger partial charge in [0.05, 0.1) is 0 Å². The van der Waals surface area contributed by atoms with Crippen LogP contribution in [0.5, 0.6) is 0 Å². The maximum atomic E-state index is 3.77. The number of hydrogen-bond donors (Lipinski definition) is 0. The van der Waals surface area contributed by atoms with E-state index in [2.05, 4.69) is 77.6 Å². The highest BCUT2D eigenvalue weighted by Crippen LogP contribution is 2.30. The van der Waals surface area contributed by atoms with Crippen molar-refractivity contribution in [3.8, 4) is 0 Å². The summed E-state index contributed by atoms with van der Waals surface area (Å²) >= 11 is 3.77. The summed E-state index contributed by atoms with van der Waals surface area (Å²) in [5, 5.41) is 0. The van der Waals surface area contributed by atoms with Crippen molar-refractivity contribution in [1.29, 1.82) is 0 Å². The minimum Gasteiger partial charge on any atom is -0.0724 e. The lowest BCUT2D eigenvalue weighted by molar-refractivity contribution is 0.516. The van der Waals surface area contributed by atoms with Crippen molar-refractivity contribution < 1.29 is 0 Å².